The zero-order valence-corrected chi connectivity index (χ0v) is 22.3. The van der Waals surface area contributed by atoms with E-state index in [0.29, 0.717) is 45.2 Å². The van der Waals surface area contributed by atoms with Gasteiger partial charge in [-0.1, -0.05) is 102 Å². The molecule has 3 rings (SSSR count). The van der Waals surface area contributed by atoms with Crippen LogP contribution in [0.4, 0.5) is 0 Å². The van der Waals surface area contributed by atoms with Crippen LogP contribution in [-0.2, 0) is 13.0 Å². The summed E-state index contributed by atoms with van der Waals surface area (Å²) in [5, 5.41) is 3.27. The van der Waals surface area contributed by atoms with Gasteiger partial charge in [0.15, 0.2) is 0 Å². The molecule has 7 heteroatoms. The van der Waals surface area contributed by atoms with Crippen molar-refractivity contribution in [2.24, 2.45) is 0 Å². The molecule has 0 aliphatic rings. The topological polar surface area (TPSA) is 20.3 Å². The first kappa shape index (κ1) is 25.1. The molecule has 0 bridgehead atoms. The molecule has 2 nitrogen and oxygen atoms in total. The molecule has 1 amide bonds. The zero-order chi connectivity index (χ0) is 23.5. The summed E-state index contributed by atoms with van der Waals surface area (Å²) in [4.78, 5) is 15.2. The zero-order valence-electron chi connectivity index (χ0n) is 18.3. The van der Waals surface area contributed by atoms with Crippen LogP contribution < -0.4 is 5.19 Å². The van der Waals surface area contributed by atoms with Crippen molar-refractivity contribution >= 4 is 65.6 Å². The molecule has 0 aromatic heterocycles. The first-order valence-electron chi connectivity index (χ1n) is 10.3. The van der Waals surface area contributed by atoms with E-state index in [4.69, 9.17) is 46.4 Å². The minimum absolute atomic E-state index is 0.122. The number of halogens is 4. The van der Waals surface area contributed by atoms with E-state index in [1.54, 1.807) is 24.3 Å². The van der Waals surface area contributed by atoms with Gasteiger partial charge >= 0.3 is 0 Å². The summed E-state index contributed by atoms with van der Waals surface area (Å²) in [6.45, 7) is 7.95. The quantitative estimate of drug-likeness (QED) is 0.289. The molecule has 0 saturated heterocycles. The maximum atomic E-state index is 13.4. The molecule has 0 atom stereocenters. The molecule has 168 valence electrons. The van der Waals surface area contributed by atoms with Gasteiger partial charge in [0.05, 0.1) is 18.1 Å². The minimum Gasteiger partial charge on any atom is -0.334 e. The number of rotatable bonds is 7. The molecule has 0 aliphatic carbocycles. The average Bonchev–Trinajstić information content (AvgIpc) is 2.72. The van der Waals surface area contributed by atoms with Crippen LogP contribution in [-0.4, -0.2) is 25.4 Å². The SMILES string of the molecule is C[Si](C)(C)c1ccc(CN(CCc2ccc(Cl)c(Cl)c2)C(=O)c2cc(Cl)cc(Cl)c2)cc1. The van der Waals surface area contributed by atoms with Crippen molar-refractivity contribution in [3.8, 4) is 0 Å². The number of carbonyl (C=O) groups is 1. The Balaban J connectivity index is 1.85. The van der Waals surface area contributed by atoms with Crippen molar-refractivity contribution in [3.63, 3.8) is 0 Å². The number of hydrogen-bond acceptors (Lipinski definition) is 1. The predicted molar refractivity (Wildman–Crippen MR) is 141 cm³/mol. The smallest absolute Gasteiger partial charge is 0.254 e. The minimum atomic E-state index is -1.39. The monoisotopic (exact) mass is 523 g/mol. The molecule has 0 spiro atoms. The van der Waals surface area contributed by atoms with Crippen LogP contribution in [0.15, 0.2) is 60.7 Å². The Morgan fingerprint density at radius 1 is 0.781 bits per heavy atom. The summed E-state index contributed by atoms with van der Waals surface area (Å²) < 4.78 is 0. The van der Waals surface area contributed by atoms with Gasteiger partial charge in [-0.3, -0.25) is 4.79 Å². The van der Waals surface area contributed by atoms with Crippen molar-refractivity contribution in [3.05, 3.63) is 97.4 Å². The Hall–Kier alpha value is -1.49. The van der Waals surface area contributed by atoms with Crippen LogP contribution in [0.1, 0.15) is 21.5 Å². The van der Waals surface area contributed by atoms with E-state index in [1.807, 2.05) is 17.0 Å². The summed E-state index contributed by atoms with van der Waals surface area (Å²) in [5.41, 5.74) is 2.55. The second-order valence-electron chi connectivity index (χ2n) is 8.83. The predicted octanol–water partition coefficient (Wildman–Crippen LogP) is 7.73. The van der Waals surface area contributed by atoms with Crippen LogP contribution in [0, 0.1) is 0 Å². The molecule has 32 heavy (non-hydrogen) atoms. The van der Waals surface area contributed by atoms with E-state index in [2.05, 4.69) is 43.9 Å². The van der Waals surface area contributed by atoms with Crippen molar-refractivity contribution in [1.82, 2.24) is 4.90 Å². The highest BCUT2D eigenvalue weighted by Gasteiger charge is 2.19. The van der Waals surface area contributed by atoms with Crippen molar-refractivity contribution in [2.45, 2.75) is 32.6 Å². The third kappa shape index (κ3) is 6.76. The molecule has 3 aromatic carbocycles. The van der Waals surface area contributed by atoms with Crippen molar-refractivity contribution in [2.75, 3.05) is 6.54 Å². The fraction of sp³-hybridized carbons (Fsp3) is 0.240. The fourth-order valence-corrected chi connectivity index (χ4v) is 5.42. The number of hydrogen-bond donors (Lipinski definition) is 0. The van der Waals surface area contributed by atoms with Crippen LogP contribution in [0.3, 0.4) is 0 Å². The highest BCUT2D eigenvalue weighted by atomic mass is 35.5. The molecule has 0 radical (unpaired) electrons. The average molecular weight is 525 g/mol. The summed E-state index contributed by atoms with van der Waals surface area (Å²) >= 11 is 24.5. The van der Waals surface area contributed by atoms with Gasteiger partial charge in [-0.05, 0) is 47.9 Å². The van der Waals surface area contributed by atoms with Crippen molar-refractivity contribution < 1.29 is 4.79 Å². The number of carbonyl (C=O) groups excluding carboxylic acids is 1. The molecular formula is C25H25Cl4NOSi. The Bertz CT molecular complexity index is 1090. The standard InChI is InChI=1S/C25H25Cl4NOSi/c1-32(2,3)22-7-4-18(5-8-22)16-30(11-10-17-6-9-23(28)24(29)12-17)25(31)19-13-20(26)15-21(27)14-19/h4-9,12-15H,10-11,16H2,1-3H3. The van der Waals surface area contributed by atoms with Crippen LogP contribution >= 0.6 is 46.4 Å². The summed E-state index contributed by atoms with van der Waals surface area (Å²) in [6.07, 6.45) is 0.643. The lowest BCUT2D eigenvalue weighted by Crippen LogP contribution is -2.37. The van der Waals surface area contributed by atoms with Crippen LogP contribution in [0.2, 0.25) is 39.7 Å². The van der Waals surface area contributed by atoms with Gasteiger partial charge in [-0.25, -0.2) is 0 Å². The van der Waals surface area contributed by atoms with Gasteiger partial charge in [0.2, 0.25) is 0 Å². The van der Waals surface area contributed by atoms with Crippen LogP contribution in [0.5, 0.6) is 0 Å². The highest BCUT2D eigenvalue weighted by molar-refractivity contribution is 6.88. The molecule has 0 heterocycles. The summed E-state index contributed by atoms with van der Waals surface area (Å²) in [6, 6.07) is 19.0. The molecule has 3 aromatic rings. The lowest BCUT2D eigenvalue weighted by Gasteiger charge is -2.24. The Labute approximate surface area is 211 Å². The van der Waals surface area contributed by atoms with Gasteiger partial charge < -0.3 is 4.90 Å². The first-order chi connectivity index (χ1) is 15.0. The normalized spacial score (nSPS) is 11.5. The van der Waals surface area contributed by atoms with Gasteiger partial charge in [0, 0.05) is 28.7 Å². The largest absolute Gasteiger partial charge is 0.334 e. The van der Waals surface area contributed by atoms with Crippen LogP contribution in [0.25, 0.3) is 0 Å². The third-order valence-corrected chi connectivity index (χ3v) is 8.49. The first-order valence-corrected chi connectivity index (χ1v) is 15.3. The Kier molecular flexibility index (Phi) is 8.35. The summed E-state index contributed by atoms with van der Waals surface area (Å²) in [5.74, 6) is -0.122. The molecule has 0 N–H and O–H groups in total. The Morgan fingerprint density at radius 2 is 1.38 bits per heavy atom. The number of nitrogens with zero attached hydrogens (tertiary/aromatic N) is 1. The van der Waals surface area contributed by atoms with E-state index in [1.165, 1.54) is 5.19 Å². The summed E-state index contributed by atoms with van der Waals surface area (Å²) in [7, 11) is -1.39. The van der Waals surface area contributed by atoms with Gasteiger partial charge in [0.1, 0.15) is 0 Å². The maximum absolute atomic E-state index is 13.4. The van der Waals surface area contributed by atoms with E-state index in [-0.39, 0.29) is 5.91 Å². The molecule has 0 fully saturated rings. The molecule has 0 unspecified atom stereocenters. The van der Waals surface area contributed by atoms with E-state index >= 15 is 0 Å². The number of amides is 1. The Morgan fingerprint density at radius 3 is 1.94 bits per heavy atom. The van der Waals surface area contributed by atoms with E-state index in [9.17, 15) is 4.79 Å². The second-order valence-corrected chi connectivity index (χ2v) is 15.6. The maximum Gasteiger partial charge on any atom is 0.254 e. The molecule has 0 saturated carbocycles. The van der Waals surface area contributed by atoms with Crippen molar-refractivity contribution in [1.29, 1.82) is 0 Å². The lowest BCUT2D eigenvalue weighted by atomic mass is 10.1. The number of benzene rings is 3. The lowest BCUT2D eigenvalue weighted by molar-refractivity contribution is 0.0745. The van der Waals surface area contributed by atoms with Gasteiger partial charge in [-0.2, -0.15) is 0 Å². The van der Waals surface area contributed by atoms with E-state index in [0.717, 1.165) is 11.1 Å². The molecule has 0 aliphatic heterocycles. The fourth-order valence-electron chi connectivity index (χ4n) is 3.40. The van der Waals surface area contributed by atoms with Gasteiger partial charge in [0.25, 0.3) is 5.91 Å². The molecular weight excluding hydrogens is 500 g/mol. The second kappa shape index (κ2) is 10.6. The third-order valence-electron chi connectivity index (χ3n) is 5.24. The van der Waals surface area contributed by atoms with Gasteiger partial charge in [-0.15, -0.1) is 0 Å². The van der Waals surface area contributed by atoms with E-state index < -0.39 is 8.07 Å². The highest BCUT2D eigenvalue weighted by Crippen LogP contribution is 2.24.